The number of amides is 1. The summed E-state index contributed by atoms with van der Waals surface area (Å²) in [5.74, 6) is 0. The van der Waals surface area contributed by atoms with Crippen LogP contribution in [0.2, 0.25) is 5.02 Å². The first-order valence-corrected chi connectivity index (χ1v) is 6.49. The lowest BCUT2D eigenvalue weighted by molar-refractivity contribution is 0.0948. The predicted octanol–water partition coefficient (Wildman–Crippen LogP) is 2.44. The van der Waals surface area contributed by atoms with Gasteiger partial charge in [-0.1, -0.05) is 23.7 Å². The summed E-state index contributed by atoms with van der Waals surface area (Å²) in [4.78, 5) is 13.4. The number of benzene rings is 1. The van der Waals surface area contributed by atoms with Crippen LogP contribution in [0.15, 0.2) is 24.3 Å². The average Bonchev–Trinajstić information content (AvgIpc) is 2.40. The number of halogens is 1. The molecule has 1 heterocycles. The van der Waals surface area contributed by atoms with Crippen LogP contribution in [0.1, 0.15) is 18.5 Å². The molecule has 1 saturated heterocycles. The van der Waals surface area contributed by atoms with E-state index in [1.54, 1.807) is 4.90 Å². The molecule has 0 spiro atoms. The smallest absolute Gasteiger partial charge is 0.409 e. The normalized spacial score (nSPS) is 19.7. The van der Waals surface area contributed by atoms with Crippen LogP contribution in [0.5, 0.6) is 0 Å². The van der Waals surface area contributed by atoms with E-state index in [-0.39, 0.29) is 12.1 Å². The molecule has 0 bridgehead atoms. The van der Waals surface area contributed by atoms with Gasteiger partial charge in [0.25, 0.3) is 0 Å². The third kappa shape index (κ3) is 3.15. The Balaban J connectivity index is 2.02. The van der Waals surface area contributed by atoms with Gasteiger partial charge in [-0.25, -0.2) is 4.79 Å². The zero-order valence-corrected chi connectivity index (χ0v) is 11.1. The molecule has 0 unspecified atom stereocenters. The van der Waals surface area contributed by atoms with Crippen LogP contribution in [0, 0.1) is 0 Å². The van der Waals surface area contributed by atoms with Gasteiger partial charge in [0, 0.05) is 24.7 Å². The molecule has 1 aliphatic heterocycles. The van der Waals surface area contributed by atoms with Gasteiger partial charge in [-0.2, -0.15) is 0 Å². The topological polar surface area (TPSA) is 41.6 Å². The van der Waals surface area contributed by atoms with Crippen LogP contribution in [-0.4, -0.2) is 37.2 Å². The second-order valence-corrected chi connectivity index (χ2v) is 4.64. The number of nitrogens with one attached hydrogen (secondary N) is 1. The van der Waals surface area contributed by atoms with E-state index in [2.05, 4.69) is 5.32 Å². The highest BCUT2D eigenvalue weighted by atomic mass is 35.5. The lowest BCUT2D eigenvalue weighted by Gasteiger charge is -2.33. The number of hydrogen-bond acceptors (Lipinski definition) is 3. The monoisotopic (exact) mass is 268 g/mol. The van der Waals surface area contributed by atoms with Gasteiger partial charge < -0.3 is 15.0 Å². The maximum atomic E-state index is 11.7. The summed E-state index contributed by atoms with van der Waals surface area (Å²) in [6, 6.07) is 7.83. The second-order valence-electron chi connectivity index (χ2n) is 4.20. The summed E-state index contributed by atoms with van der Waals surface area (Å²) in [7, 11) is 0. The fourth-order valence-electron chi connectivity index (χ4n) is 2.05. The third-order valence-electron chi connectivity index (χ3n) is 2.97. The number of carbonyl (C=O) groups excluding carboxylic acids is 1. The minimum absolute atomic E-state index is 0.139. The Morgan fingerprint density at radius 3 is 2.89 bits per heavy atom. The van der Waals surface area contributed by atoms with Crippen LogP contribution in [0.4, 0.5) is 4.79 Å². The molecule has 2 rings (SSSR count). The standard InChI is InChI=1S/C13H17ClN2O2/c1-2-18-13(17)16-8-7-15-12(9-16)10-3-5-11(14)6-4-10/h3-6,12,15H,2,7-9H2,1H3/t12-/m0/s1. The Bertz CT molecular complexity index is 408. The molecular weight excluding hydrogens is 252 g/mol. The lowest BCUT2D eigenvalue weighted by Crippen LogP contribution is -2.48. The molecule has 5 heteroatoms. The van der Waals surface area contributed by atoms with Crippen molar-refractivity contribution >= 4 is 17.7 Å². The van der Waals surface area contributed by atoms with Gasteiger partial charge >= 0.3 is 6.09 Å². The van der Waals surface area contributed by atoms with Gasteiger partial charge in [0.15, 0.2) is 0 Å². The molecule has 4 nitrogen and oxygen atoms in total. The molecule has 1 fully saturated rings. The number of ether oxygens (including phenoxy) is 1. The van der Waals surface area contributed by atoms with Crippen molar-refractivity contribution in [3.05, 3.63) is 34.9 Å². The molecule has 0 radical (unpaired) electrons. The van der Waals surface area contributed by atoms with Crippen molar-refractivity contribution in [2.75, 3.05) is 26.2 Å². The average molecular weight is 269 g/mol. The summed E-state index contributed by atoms with van der Waals surface area (Å²) in [5.41, 5.74) is 1.13. The van der Waals surface area contributed by atoms with Crippen LogP contribution < -0.4 is 5.32 Å². The highest BCUT2D eigenvalue weighted by Crippen LogP contribution is 2.19. The zero-order chi connectivity index (χ0) is 13.0. The molecule has 1 aromatic rings. The maximum Gasteiger partial charge on any atom is 0.409 e. The first kappa shape index (κ1) is 13.2. The first-order chi connectivity index (χ1) is 8.70. The van der Waals surface area contributed by atoms with E-state index in [0.717, 1.165) is 17.1 Å². The second kappa shape index (κ2) is 6.07. The quantitative estimate of drug-likeness (QED) is 0.896. The Morgan fingerprint density at radius 1 is 1.50 bits per heavy atom. The Hall–Kier alpha value is -1.26. The van der Waals surface area contributed by atoms with Gasteiger partial charge in [0.2, 0.25) is 0 Å². The van der Waals surface area contributed by atoms with E-state index in [1.807, 2.05) is 31.2 Å². The van der Waals surface area contributed by atoms with E-state index in [4.69, 9.17) is 16.3 Å². The number of piperazine rings is 1. The minimum Gasteiger partial charge on any atom is -0.450 e. The van der Waals surface area contributed by atoms with Gasteiger partial charge in [-0.3, -0.25) is 0 Å². The number of rotatable bonds is 2. The lowest BCUT2D eigenvalue weighted by atomic mass is 10.1. The van der Waals surface area contributed by atoms with Gasteiger partial charge in [0.05, 0.1) is 12.6 Å². The summed E-state index contributed by atoms with van der Waals surface area (Å²) >= 11 is 5.87. The van der Waals surface area contributed by atoms with E-state index in [1.165, 1.54) is 0 Å². The molecular formula is C13H17ClN2O2. The van der Waals surface area contributed by atoms with Gasteiger partial charge in [-0.05, 0) is 24.6 Å². The molecule has 0 saturated carbocycles. The maximum absolute atomic E-state index is 11.7. The molecule has 0 aliphatic carbocycles. The highest BCUT2D eigenvalue weighted by molar-refractivity contribution is 6.30. The molecule has 18 heavy (non-hydrogen) atoms. The van der Waals surface area contributed by atoms with Crippen molar-refractivity contribution in [3.63, 3.8) is 0 Å². The largest absolute Gasteiger partial charge is 0.450 e. The van der Waals surface area contributed by atoms with Crippen LogP contribution in [0.3, 0.4) is 0 Å². The third-order valence-corrected chi connectivity index (χ3v) is 3.23. The number of hydrogen-bond donors (Lipinski definition) is 1. The van der Waals surface area contributed by atoms with Crippen molar-refractivity contribution in [1.82, 2.24) is 10.2 Å². The van der Waals surface area contributed by atoms with E-state index < -0.39 is 0 Å². The molecule has 0 aromatic heterocycles. The summed E-state index contributed by atoms with van der Waals surface area (Å²) in [6.07, 6.45) is -0.238. The number of nitrogens with zero attached hydrogens (tertiary/aromatic N) is 1. The molecule has 1 atom stereocenters. The summed E-state index contributed by atoms with van der Waals surface area (Å²) in [6.45, 7) is 4.31. The minimum atomic E-state index is -0.238. The van der Waals surface area contributed by atoms with E-state index >= 15 is 0 Å². The van der Waals surface area contributed by atoms with Crippen LogP contribution in [-0.2, 0) is 4.74 Å². The fourth-order valence-corrected chi connectivity index (χ4v) is 2.17. The molecule has 1 N–H and O–H groups in total. The molecule has 98 valence electrons. The Kier molecular flexibility index (Phi) is 4.44. The Morgan fingerprint density at radius 2 is 2.22 bits per heavy atom. The summed E-state index contributed by atoms with van der Waals surface area (Å²) in [5, 5.41) is 4.11. The molecule has 1 amide bonds. The molecule has 1 aromatic carbocycles. The van der Waals surface area contributed by atoms with Crippen molar-refractivity contribution < 1.29 is 9.53 Å². The van der Waals surface area contributed by atoms with Gasteiger partial charge in [0.1, 0.15) is 0 Å². The summed E-state index contributed by atoms with van der Waals surface area (Å²) < 4.78 is 5.02. The van der Waals surface area contributed by atoms with Crippen molar-refractivity contribution in [2.45, 2.75) is 13.0 Å². The van der Waals surface area contributed by atoms with Crippen molar-refractivity contribution in [1.29, 1.82) is 0 Å². The first-order valence-electron chi connectivity index (χ1n) is 6.11. The Labute approximate surface area is 112 Å². The molecule has 1 aliphatic rings. The zero-order valence-electron chi connectivity index (χ0n) is 10.4. The SMILES string of the molecule is CCOC(=O)N1CCN[C@H](c2ccc(Cl)cc2)C1. The van der Waals surface area contributed by atoms with E-state index in [0.29, 0.717) is 19.7 Å². The van der Waals surface area contributed by atoms with Gasteiger partial charge in [-0.15, -0.1) is 0 Å². The van der Waals surface area contributed by atoms with Crippen LogP contribution >= 0.6 is 11.6 Å². The predicted molar refractivity (Wildman–Crippen MR) is 70.8 cm³/mol. The van der Waals surface area contributed by atoms with Crippen LogP contribution in [0.25, 0.3) is 0 Å². The van der Waals surface area contributed by atoms with Crippen molar-refractivity contribution in [3.8, 4) is 0 Å². The highest BCUT2D eigenvalue weighted by Gasteiger charge is 2.24. The number of carbonyl (C=O) groups is 1. The van der Waals surface area contributed by atoms with Crippen molar-refractivity contribution in [2.24, 2.45) is 0 Å². The fraction of sp³-hybridized carbons (Fsp3) is 0.462. The van der Waals surface area contributed by atoms with E-state index in [9.17, 15) is 4.79 Å².